The summed E-state index contributed by atoms with van der Waals surface area (Å²) < 4.78 is 19.2. The van der Waals surface area contributed by atoms with E-state index in [0.29, 0.717) is 36.5 Å². The first kappa shape index (κ1) is 16.7. The number of nitrogens with one attached hydrogen (secondary N) is 2. The summed E-state index contributed by atoms with van der Waals surface area (Å²) in [6.07, 6.45) is 3.13. The number of carbonyl (C=O) groups excluding carboxylic acids is 2. The molecule has 0 atom stereocenters. The molecule has 0 spiro atoms. The van der Waals surface area contributed by atoms with Gasteiger partial charge in [-0.15, -0.1) is 0 Å². The Bertz CT molecular complexity index is 668. The van der Waals surface area contributed by atoms with Gasteiger partial charge in [0.15, 0.2) is 0 Å². The van der Waals surface area contributed by atoms with Crippen molar-refractivity contribution in [1.82, 2.24) is 0 Å². The molecule has 0 bridgehead atoms. The van der Waals surface area contributed by atoms with Crippen molar-refractivity contribution >= 4 is 23.2 Å². The van der Waals surface area contributed by atoms with E-state index in [1.807, 2.05) is 6.92 Å². The first-order chi connectivity index (χ1) is 11.0. The van der Waals surface area contributed by atoms with Gasteiger partial charge in [-0.1, -0.05) is 13.5 Å². The van der Waals surface area contributed by atoms with Crippen LogP contribution in [-0.4, -0.2) is 18.4 Å². The molecule has 122 valence electrons. The molecule has 1 heterocycles. The summed E-state index contributed by atoms with van der Waals surface area (Å²) in [4.78, 5) is 23.7. The fraction of sp³-hybridized carbons (Fsp3) is 0.294. The second kappa shape index (κ2) is 7.58. The van der Waals surface area contributed by atoms with Gasteiger partial charge in [-0.05, 0) is 37.1 Å². The van der Waals surface area contributed by atoms with Crippen molar-refractivity contribution < 1.29 is 18.7 Å². The molecule has 1 aromatic rings. The van der Waals surface area contributed by atoms with E-state index < -0.39 is 11.7 Å². The van der Waals surface area contributed by atoms with Crippen molar-refractivity contribution in [3.63, 3.8) is 0 Å². The number of hydrogen-bond acceptors (Lipinski definition) is 3. The number of rotatable bonds is 5. The second-order valence-electron chi connectivity index (χ2n) is 5.05. The van der Waals surface area contributed by atoms with E-state index in [1.165, 1.54) is 18.2 Å². The Morgan fingerprint density at radius 1 is 1.39 bits per heavy atom. The van der Waals surface area contributed by atoms with Gasteiger partial charge in [0.1, 0.15) is 11.6 Å². The first-order valence-electron chi connectivity index (χ1n) is 7.44. The van der Waals surface area contributed by atoms with Crippen molar-refractivity contribution in [1.29, 1.82) is 0 Å². The van der Waals surface area contributed by atoms with Crippen molar-refractivity contribution in [2.45, 2.75) is 26.2 Å². The average Bonchev–Trinajstić information content (AvgIpc) is 2.57. The maximum Gasteiger partial charge on any atom is 0.254 e. The molecule has 1 aromatic carbocycles. The maximum absolute atomic E-state index is 13.7. The van der Waals surface area contributed by atoms with Crippen LogP contribution >= 0.6 is 0 Å². The van der Waals surface area contributed by atoms with Crippen LogP contribution in [0.4, 0.5) is 15.8 Å². The van der Waals surface area contributed by atoms with Crippen LogP contribution in [0.3, 0.4) is 0 Å². The predicted molar refractivity (Wildman–Crippen MR) is 86.4 cm³/mol. The fourth-order valence-corrected chi connectivity index (χ4v) is 2.32. The van der Waals surface area contributed by atoms with Crippen LogP contribution in [-0.2, 0) is 14.3 Å². The zero-order chi connectivity index (χ0) is 16.8. The van der Waals surface area contributed by atoms with Crippen LogP contribution in [0, 0.1) is 5.82 Å². The second-order valence-corrected chi connectivity index (χ2v) is 5.05. The van der Waals surface area contributed by atoms with Crippen molar-refractivity contribution in [3.8, 4) is 0 Å². The normalized spacial score (nSPS) is 14.0. The number of benzene rings is 1. The van der Waals surface area contributed by atoms with Crippen LogP contribution in [0.2, 0.25) is 0 Å². The quantitative estimate of drug-likeness (QED) is 0.818. The van der Waals surface area contributed by atoms with Crippen LogP contribution in [0.25, 0.3) is 0 Å². The molecular formula is C17H19FN2O3. The lowest BCUT2D eigenvalue weighted by Gasteiger charge is -2.20. The third-order valence-corrected chi connectivity index (χ3v) is 3.45. The van der Waals surface area contributed by atoms with E-state index in [2.05, 4.69) is 17.2 Å². The number of amides is 2. The molecule has 0 saturated heterocycles. The summed E-state index contributed by atoms with van der Waals surface area (Å²) in [7, 11) is 0. The molecule has 23 heavy (non-hydrogen) atoms. The molecule has 0 saturated carbocycles. The van der Waals surface area contributed by atoms with Crippen molar-refractivity contribution in [2.75, 3.05) is 17.2 Å². The zero-order valence-electron chi connectivity index (χ0n) is 12.9. The molecule has 0 aliphatic carbocycles. The minimum absolute atomic E-state index is 0.0164. The number of hydrogen-bond donors (Lipinski definition) is 2. The predicted octanol–water partition coefficient (Wildman–Crippen LogP) is 3.36. The number of carbonyl (C=O) groups is 2. The number of halogens is 1. The summed E-state index contributed by atoms with van der Waals surface area (Å²) in [5.41, 5.74) is 0.987. The summed E-state index contributed by atoms with van der Waals surface area (Å²) in [5.74, 6) is -0.693. The fourth-order valence-electron chi connectivity index (χ4n) is 2.32. The lowest BCUT2D eigenvalue weighted by Crippen LogP contribution is -2.20. The van der Waals surface area contributed by atoms with Gasteiger partial charge in [0.05, 0.1) is 17.9 Å². The van der Waals surface area contributed by atoms with Crippen LogP contribution in [0.15, 0.2) is 42.2 Å². The third kappa shape index (κ3) is 4.18. The summed E-state index contributed by atoms with van der Waals surface area (Å²) in [5, 5.41) is 5.07. The van der Waals surface area contributed by atoms with E-state index in [4.69, 9.17) is 4.74 Å². The molecule has 2 N–H and O–H groups in total. The Morgan fingerprint density at radius 2 is 2.17 bits per heavy atom. The van der Waals surface area contributed by atoms with Gasteiger partial charge in [-0.3, -0.25) is 9.59 Å². The monoisotopic (exact) mass is 318 g/mol. The highest BCUT2D eigenvalue weighted by Gasteiger charge is 2.20. The van der Waals surface area contributed by atoms with Crippen LogP contribution < -0.4 is 10.6 Å². The minimum Gasteiger partial charge on any atom is -0.497 e. The van der Waals surface area contributed by atoms with Gasteiger partial charge in [0.25, 0.3) is 5.91 Å². The molecule has 0 aromatic heterocycles. The minimum atomic E-state index is -0.590. The Labute approximate surface area is 134 Å². The molecule has 6 heteroatoms. The van der Waals surface area contributed by atoms with Gasteiger partial charge >= 0.3 is 0 Å². The van der Waals surface area contributed by atoms with E-state index in [1.54, 1.807) is 0 Å². The van der Waals surface area contributed by atoms with Crippen LogP contribution in [0.1, 0.15) is 26.2 Å². The van der Waals surface area contributed by atoms with E-state index in [-0.39, 0.29) is 11.6 Å². The van der Waals surface area contributed by atoms with Gasteiger partial charge in [0.2, 0.25) is 5.91 Å². The Hall–Kier alpha value is -2.63. The van der Waals surface area contributed by atoms with Gasteiger partial charge in [-0.2, -0.15) is 0 Å². The highest BCUT2D eigenvalue weighted by atomic mass is 19.1. The topological polar surface area (TPSA) is 67.4 Å². The Morgan fingerprint density at radius 3 is 2.87 bits per heavy atom. The molecule has 0 unspecified atom stereocenters. The molecule has 0 radical (unpaired) electrons. The maximum atomic E-state index is 13.7. The van der Waals surface area contributed by atoms with Gasteiger partial charge in [0, 0.05) is 12.1 Å². The number of allylic oxidation sites excluding steroid dienone is 1. The number of ether oxygens (including phenoxy) is 1. The average molecular weight is 318 g/mol. The molecular weight excluding hydrogens is 299 g/mol. The van der Waals surface area contributed by atoms with E-state index in [9.17, 15) is 14.0 Å². The zero-order valence-corrected chi connectivity index (χ0v) is 12.9. The van der Waals surface area contributed by atoms with Gasteiger partial charge in [-0.25, -0.2) is 4.39 Å². The van der Waals surface area contributed by atoms with E-state index >= 15 is 0 Å². The smallest absolute Gasteiger partial charge is 0.254 e. The van der Waals surface area contributed by atoms with Crippen molar-refractivity contribution in [3.05, 3.63) is 48.0 Å². The lowest BCUT2D eigenvalue weighted by molar-refractivity contribution is -0.113. The Kier molecular flexibility index (Phi) is 5.51. The highest BCUT2D eigenvalue weighted by Crippen LogP contribution is 2.24. The molecule has 2 amide bonds. The SMILES string of the molecule is C=CC(=O)Nc1cc(NC(=O)C2=C(CC)OCCC2)ccc1F. The number of anilines is 2. The summed E-state index contributed by atoms with van der Waals surface area (Å²) >= 11 is 0. The van der Waals surface area contributed by atoms with Crippen LogP contribution in [0.5, 0.6) is 0 Å². The molecule has 0 fully saturated rings. The third-order valence-electron chi connectivity index (χ3n) is 3.45. The molecule has 5 nitrogen and oxygen atoms in total. The molecule has 2 rings (SSSR count). The highest BCUT2D eigenvalue weighted by molar-refractivity contribution is 6.05. The lowest BCUT2D eigenvalue weighted by atomic mass is 10.0. The molecule has 1 aliphatic heterocycles. The Balaban J connectivity index is 2.18. The molecule has 1 aliphatic rings. The van der Waals surface area contributed by atoms with E-state index in [0.717, 1.165) is 12.5 Å². The van der Waals surface area contributed by atoms with Gasteiger partial charge < -0.3 is 15.4 Å². The first-order valence-corrected chi connectivity index (χ1v) is 7.44. The summed E-state index contributed by atoms with van der Waals surface area (Å²) in [6.45, 7) is 5.86. The van der Waals surface area contributed by atoms with Crippen molar-refractivity contribution in [2.24, 2.45) is 0 Å². The summed E-state index contributed by atoms with van der Waals surface area (Å²) in [6, 6.07) is 3.98. The standard InChI is InChI=1S/C17H19FN2O3/c1-3-15-12(6-5-9-23-15)17(22)19-11-7-8-13(18)14(10-11)20-16(21)4-2/h4,7-8,10H,2-3,5-6,9H2,1H3,(H,19,22)(H,20,21). The largest absolute Gasteiger partial charge is 0.497 e.